The van der Waals surface area contributed by atoms with Gasteiger partial charge in [0.25, 0.3) is 11.6 Å². The van der Waals surface area contributed by atoms with Crippen LogP contribution in [0.25, 0.3) is 0 Å². The van der Waals surface area contributed by atoms with E-state index in [1.54, 1.807) is 0 Å². The van der Waals surface area contributed by atoms with Crippen molar-refractivity contribution in [3.63, 3.8) is 0 Å². The molecule has 0 bridgehead atoms. The van der Waals surface area contributed by atoms with E-state index >= 15 is 0 Å². The first-order valence-electron chi connectivity index (χ1n) is 28.6. The Labute approximate surface area is 421 Å². The maximum Gasteiger partial charge on any atom is 0.305 e. The first kappa shape index (κ1) is 48.8. The van der Waals surface area contributed by atoms with Crippen molar-refractivity contribution in [1.82, 2.24) is 0 Å². The monoisotopic (exact) mass is 961 g/mol. The number of para-hydroxylation sites is 4. The minimum absolute atomic E-state index is 0.0557. The maximum atomic E-state index is 11.8. The zero-order chi connectivity index (χ0) is 48.8. The zero-order valence-electron chi connectivity index (χ0n) is 44.4. The minimum atomic E-state index is -0.433. The molecule has 2 spiro atoms. The Morgan fingerprint density at radius 1 is 0.486 bits per heavy atom. The van der Waals surface area contributed by atoms with Crippen molar-refractivity contribution < 1.29 is 38.0 Å². The van der Waals surface area contributed by atoms with Crippen molar-refractivity contribution in [3.8, 4) is 23.0 Å². The first-order chi connectivity index (χ1) is 33.6. The summed E-state index contributed by atoms with van der Waals surface area (Å²) in [7, 11) is 3.02. The summed E-state index contributed by atoms with van der Waals surface area (Å²) in [5, 5.41) is 0. The molecule has 2 heterocycles. The van der Waals surface area contributed by atoms with Crippen LogP contribution in [0.2, 0.25) is 0 Å². The van der Waals surface area contributed by atoms with E-state index in [0.29, 0.717) is 58.2 Å². The summed E-state index contributed by atoms with van der Waals surface area (Å²) < 4.78 is 35.8. The van der Waals surface area contributed by atoms with Crippen molar-refractivity contribution >= 4 is 11.9 Å². The molecule has 8 fully saturated rings. The number of benzene rings is 2. The molecular weight excluding hydrogens is 873 g/mol. The fourth-order valence-corrected chi connectivity index (χ4v) is 20.1. The molecule has 8 aliphatic carbocycles. The molecule has 0 amide bonds. The summed E-state index contributed by atoms with van der Waals surface area (Å²) in [6, 6.07) is 16.4. The number of esters is 2. The Bertz CT molecular complexity index is 2050. The van der Waals surface area contributed by atoms with Gasteiger partial charge in [-0.25, -0.2) is 0 Å². The van der Waals surface area contributed by atoms with Crippen LogP contribution in [0.1, 0.15) is 183 Å². The molecule has 2 aromatic carbocycles. The lowest BCUT2D eigenvalue weighted by atomic mass is 9.44. The average molecular weight is 961 g/mol. The topological polar surface area (TPSA) is 89.5 Å². The van der Waals surface area contributed by atoms with E-state index in [4.69, 9.17) is 28.4 Å². The number of ether oxygens (including phenoxy) is 6. The lowest BCUT2D eigenvalue weighted by Gasteiger charge is -2.62. The Kier molecular flexibility index (Phi) is 12.7. The summed E-state index contributed by atoms with van der Waals surface area (Å²) in [4.78, 5) is 23.5. The molecule has 0 radical (unpaired) electrons. The van der Waals surface area contributed by atoms with Gasteiger partial charge in [0, 0.05) is 38.5 Å². The molecule has 2 aromatic rings. The van der Waals surface area contributed by atoms with Crippen LogP contribution >= 0.6 is 0 Å². The Morgan fingerprint density at radius 3 is 1.20 bits per heavy atom. The van der Waals surface area contributed by atoms with Gasteiger partial charge in [0.05, 0.1) is 14.2 Å². The maximum absolute atomic E-state index is 11.8. The smallest absolute Gasteiger partial charge is 0.305 e. The molecular formula is C62H88O8. The molecule has 8 nitrogen and oxygen atoms in total. The third kappa shape index (κ3) is 8.01. The molecule has 2 aliphatic heterocycles. The number of methoxy groups -OCH3 is 2. The van der Waals surface area contributed by atoms with Crippen LogP contribution in [-0.2, 0) is 19.1 Å². The van der Waals surface area contributed by atoms with Crippen molar-refractivity contribution in [3.05, 3.63) is 48.5 Å². The van der Waals surface area contributed by atoms with Crippen molar-refractivity contribution in [2.24, 2.45) is 92.7 Å². The third-order valence-electron chi connectivity index (χ3n) is 23.8. The molecule has 384 valence electrons. The van der Waals surface area contributed by atoms with Crippen LogP contribution in [0.3, 0.4) is 0 Å². The van der Waals surface area contributed by atoms with Gasteiger partial charge >= 0.3 is 11.9 Å². The highest BCUT2D eigenvalue weighted by Crippen LogP contribution is 2.71. The SMILES string of the molecule is COC(=O)CC[C@@H](C)[C@H]1CC[C@H]2[C@@H]3CC[C@@H]4CC5(CC[C@]4(C)[C@H]3CC[C@]12C)Oc1ccccc1O5.COC(=O)CC[C@@H](C)[C@H]1CC[C@H]2[C@@H]3CC[C@@H]4CC5(CC[C@]4(C)[C@H]3CC[C@]12C)Oc1ccccc1O5. The van der Waals surface area contributed by atoms with Crippen LogP contribution in [0.5, 0.6) is 23.0 Å². The van der Waals surface area contributed by atoms with Gasteiger partial charge in [-0.3, -0.25) is 9.59 Å². The quantitative estimate of drug-likeness (QED) is 0.242. The highest BCUT2D eigenvalue weighted by atomic mass is 16.7. The fourth-order valence-electron chi connectivity index (χ4n) is 20.1. The summed E-state index contributed by atoms with van der Waals surface area (Å²) in [6.45, 7) is 15.3. The number of carbonyl (C=O) groups excluding carboxylic acids is 2. The van der Waals surface area contributed by atoms with Crippen molar-refractivity contribution in [2.75, 3.05) is 14.2 Å². The van der Waals surface area contributed by atoms with Crippen molar-refractivity contribution in [1.29, 1.82) is 0 Å². The number of hydrogen-bond donors (Lipinski definition) is 0. The molecule has 70 heavy (non-hydrogen) atoms. The second kappa shape index (κ2) is 18.2. The molecule has 8 heteroatoms. The number of fused-ring (bicyclic) bond motifs is 12. The average Bonchev–Trinajstić information content (AvgIpc) is 4.12. The standard InChI is InChI=1S/2C31H44O4/c2*1-20(9-14-28(32)33-4)23-12-13-24-22-11-10-21-19-31(34-26-7-5-6-8-27(26)35-31)18-17-29(21,2)25(22)15-16-30(23,24)3/h2*5-8,20-25H,9-19H2,1-4H3/t2*20-,21-,22+,23-,24+,25+,29+,30-/m11/s1. The first-order valence-corrected chi connectivity index (χ1v) is 28.6. The van der Waals surface area contributed by atoms with E-state index in [1.165, 1.54) is 104 Å². The second-order valence-corrected chi connectivity index (χ2v) is 26.5. The van der Waals surface area contributed by atoms with Crippen LogP contribution in [0, 0.1) is 92.7 Å². The Morgan fingerprint density at radius 2 is 0.843 bits per heavy atom. The molecule has 10 aliphatic rings. The van der Waals surface area contributed by atoms with Gasteiger partial charge < -0.3 is 28.4 Å². The van der Waals surface area contributed by atoms with Crippen LogP contribution in [-0.4, -0.2) is 37.7 Å². The Balaban J connectivity index is 0.000000152. The van der Waals surface area contributed by atoms with Crippen molar-refractivity contribution in [2.45, 2.75) is 194 Å². The van der Waals surface area contributed by atoms with E-state index in [-0.39, 0.29) is 11.9 Å². The minimum Gasteiger partial charge on any atom is -0.469 e. The predicted molar refractivity (Wildman–Crippen MR) is 272 cm³/mol. The third-order valence-corrected chi connectivity index (χ3v) is 23.8. The van der Waals surface area contributed by atoms with E-state index in [1.807, 2.05) is 24.3 Å². The van der Waals surface area contributed by atoms with E-state index < -0.39 is 11.6 Å². The van der Waals surface area contributed by atoms with Gasteiger partial charge in [0.2, 0.25) is 0 Å². The second-order valence-electron chi connectivity index (χ2n) is 26.5. The molecule has 0 saturated heterocycles. The Hall–Kier alpha value is -3.42. The summed E-state index contributed by atoms with van der Waals surface area (Å²) in [5.74, 6) is 11.9. The molecule has 0 N–H and O–H groups in total. The lowest BCUT2D eigenvalue weighted by molar-refractivity contribution is -0.190. The van der Waals surface area contributed by atoms with Crippen LogP contribution in [0.4, 0.5) is 0 Å². The van der Waals surface area contributed by atoms with Gasteiger partial charge in [0.1, 0.15) is 0 Å². The number of carbonyl (C=O) groups is 2. The molecule has 12 rings (SSSR count). The van der Waals surface area contributed by atoms with Gasteiger partial charge in [-0.1, -0.05) is 65.8 Å². The fraction of sp³-hybridized carbons (Fsp3) is 0.774. The summed E-state index contributed by atoms with van der Waals surface area (Å²) in [6.07, 6.45) is 25.9. The van der Waals surface area contributed by atoms with E-state index in [9.17, 15) is 9.59 Å². The van der Waals surface area contributed by atoms with Gasteiger partial charge in [-0.2, -0.15) is 0 Å². The van der Waals surface area contributed by atoms with Crippen LogP contribution in [0.15, 0.2) is 48.5 Å². The normalized spacial score (nSPS) is 41.5. The van der Waals surface area contributed by atoms with Gasteiger partial charge in [-0.05, 0) is 220 Å². The zero-order valence-corrected chi connectivity index (χ0v) is 44.4. The molecule has 0 aromatic heterocycles. The van der Waals surface area contributed by atoms with Crippen LogP contribution < -0.4 is 18.9 Å². The van der Waals surface area contributed by atoms with E-state index in [2.05, 4.69) is 65.8 Å². The van der Waals surface area contributed by atoms with Gasteiger partial charge in [-0.15, -0.1) is 0 Å². The van der Waals surface area contributed by atoms with Gasteiger partial charge in [0.15, 0.2) is 23.0 Å². The molecule has 0 unspecified atom stereocenters. The highest BCUT2D eigenvalue weighted by molar-refractivity contribution is 5.69. The number of hydrogen-bond acceptors (Lipinski definition) is 8. The summed E-state index contributed by atoms with van der Waals surface area (Å²) in [5.41, 5.74) is 1.70. The summed E-state index contributed by atoms with van der Waals surface area (Å²) >= 11 is 0. The molecule has 16 atom stereocenters. The predicted octanol–water partition coefficient (Wildman–Crippen LogP) is 14.8. The largest absolute Gasteiger partial charge is 0.469 e. The molecule has 8 saturated carbocycles. The lowest BCUT2D eigenvalue weighted by Crippen LogP contribution is -2.57. The highest BCUT2D eigenvalue weighted by Gasteiger charge is 2.65. The number of rotatable bonds is 8. The van der Waals surface area contributed by atoms with E-state index in [0.717, 1.165) is 109 Å².